The van der Waals surface area contributed by atoms with Crippen LogP contribution in [-0.2, 0) is 9.13 Å². The summed E-state index contributed by atoms with van der Waals surface area (Å²) in [5.74, 6) is -0.565. The molecule has 20 nitrogen and oxygen atoms in total. The second-order valence-corrected chi connectivity index (χ2v) is 24.2. The van der Waals surface area contributed by atoms with Crippen LogP contribution in [0.5, 0.6) is 11.5 Å². The number of halogens is 2. The normalized spacial score (nSPS) is 11.4. The molecule has 2 aromatic heterocycles. The van der Waals surface area contributed by atoms with Gasteiger partial charge in [-0.05, 0) is 85.2 Å². The number of methoxy groups -OCH3 is 2. The van der Waals surface area contributed by atoms with E-state index in [2.05, 4.69) is 51.0 Å². The summed E-state index contributed by atoms with van der Waals surface area (Å²) in [6.45, 7) is 9.48. The van der Waals surface area contributed by atoms with Crippen molar-refractivity contribution in [3.05, 3.63) is 107 Å². The summed E-state index contributed by atoms with van der Waals surface area (Å²) < 4.78 is 65.5. The molecular formula is C48H64F2N14O6P2. The van der Waals surface area contributed by atoms with Gasteiger partial charge in [-0.3, -0.25) is 10.1 Å². The molecule has 0 saturated heterocycles. The standard InChI is InChI=1S/C24H31FN7O4P.C24H33FN7O2P/c1-30(2)11-12-31(3)19-14-21(36-4)18(13-20(19)32(33)34)28-24-26-15-16(25)23(29-24)27-17-9-7-8-10-22(17)37(5,6)35;1-31(2)11-12-32(3)20-14-21(34-4)19(13-17(20)26)29-24-27-15-16(25)23(30-24)28-18-9-7-8-10-22(18)35(5,6)33/h7-10,13-15H,11-12H2,1-6H3,(H2,26,27,28,29);7-10,13-15H,11-12,26H2,1-6H3,(H2,27,28,29,30). The fourth-order valence-electron chi connectivity index (χ4n) is 7.02. The van der Waals surface area contributed by atoms with Crippen LogP contribution in [0.4, 0.5) is 77.8 Å². The predicted octanol–water partition coefficient (Wildman–Crippen LogP) is 8.21. The molecule has 0 radical (unpaired) electrons. The molecule has 6 N–H and O–H groups in total. The second-order valence-electron chi connectivity index (χ2n) is 17.9. The molecule has 0 amide bonds. The third-order valence-corrected chi connectivity index (χ3v) is 14.0. The van der Waals surface area contributed by atoms with Gasteiger partial charge >= 0.3 is 0 Å². The fraction of sp³-hybridized carbons (Fsp3) is 0.333. The first kappa shape index (κ1) is 55.8. The van der Waals surface area contributed by atoms with Crippen LogP contribution in [0, 0.1) is 21.7 Å². The Morgan fingerprint density at radius 2 is 1.01 bits per heavy atom. The lowest BCUT2D eigenvalue weighted by molar-refractivity contribution is -0.384. The molecule has 0 atom stereocenters. The van der Waals surface area contributed by atoms with Gasteiger partial charge in [-0.25, -0.2) is 18.7 Å². The largest absolute Gasteiger partial charge is 0.494 e. The number of para-hydroxylation sites is 2. The molecule has 0 saturated carbocycles. The number of nitrogens with one attached hydrogen (secondary N) is 4. The summed E-state index contributed by atoms with van der Waals surface area (Å²) in [6.07, 6.45) is 2.04. The lowest BCUT2D eigenvalue weighted by atomic mass is 10.2. The van der Waals surface area contributed by atoms with E-state index < -0.39 is 30.8 Å². The lowest BCUT2D eigenvalue weighted by Crippen LogP contribution is -2.29. The molecule has 0 unspecified atom stereocenters. The SMILES string of the molecule is COc1cc(N(C)CCN(C)C)c(N)cc1Nc1ncc(F)c(Nc2ccccc2P(C)(C)=O)n1.COc1cc(N(C)CCN(C)C)c([N+](=O)[O-])cc1Nc1ncc(F)c(Nc2ccccc2P(C)(C)=O)n1. The van der Waals surface area contributed by atoms with E-state index in [-0.39, 0.29) is 34.9 Å². The minimum absolute atomic E-state index is 0.0149. The summed E-state index contributed by atoms with van der Waals surface area (Å²) in [5.41, 5.74) is 9.71. The van der Waals surface area contributed by atoms with Gasteiger partial charge in [0.05, 0.1) is 65.7 Å². The molecule has 24 heteroatoms. The summed E-state index contributed by atoms with van der Waals surface area (Å²) in [7, 11) is 9.35. The van der Waals surface area contributed by atoms with Gasteiger partial charge in [-0.15, -0.1) is 0 Å². The highest BCUT2D eigenvalue weighted by Crippen LogP contribution is 2.42. The quantitative estimate of drug-likeness (QED) is 0.0198. The van der Waals surface area contributed by atoms with Crippen molar-refractivity contribution >= 4 is 93.9 Å². The van der Waals surface area contributed by atoms with Crippen molar-refractivity contribution in [2.45, 2.75) is 0 Å². The molecule has 6 rings (SSSR count). The average Bonchev–Trinajstić information content (AvgIpc) is 3.31. The number of nitro groups is 1. The monoisotopic (exact) mass is 1030 g/mol. The van der Waals surface area contributed by atoms with E-state index in [4.69, 9.17) is 15.2 Å². The van der Waals surface area contributed by atoms with Gasteiger partial charge < -0.3 is 65.2 Å². The van der Waals surface area contributed by atoms with Crippen molar-refractivity contribution in [1.29, 1.82) is 0 Å². The zero-order valence-corrected chi connectivity index (χ0v) is 44.4. The number of ether oxygens (including phenoxy) is 2. The Balaban J connectivity index is 0.000000268. The number of nitrogen functional groups attached to an aromatic ring is 1. The summed E-state index contributed by atoms with van der Waals surface area (Å²) in [5, 5.41) is 24.8. The van der Waals surface area contributed by atoms with Crippen molar-refractivity contribution in [3.8, 4) is 11.5 Å². The van der Waals surface area contributed by atoms with E-state index >= 15 is 0 Å². The van der Waals surface area contributed by atoms with Gasteiger partial charge in [0.2, 0.25) is 11.9 Å². The number of aromatic nitrogens is 4. The van der Waals surface area contributed by atoms with Crippen molar-refractivity contribution in [2.75, 3.05) is 146 Å². The number of hydrogen-bond acceptors (Lipinski definition) is 19. The van der Waals surface area contributed by atoms with Crippen molar-refractivity contribution in [1.82, 2.24) is 29.7 Å². The van der Waals surface area contributed by atoms with Crippen LogP contribution in [0.1, 0.15) is 0 Å². The van der Waals surface area contributed by atoms with Crippen LogP contribution >= 0.6 is 14.3 Å². The smallest absolute Gasteiger partial charge is 0.294 e. The maximum atomic E-state index is 14.6. The number of nitro benzene ring substituents is 1. The summed E-state index contributed by atoms with van der Waals surface area (Å²) >= 11 is 0. The Labute approximate surface area is 419 Å². The maximum absolute atomic E-state index is 14.6. The van der Waals surface area contributed by atoms with E-state index in [1.165, 1.54) is 13.2 Å². The highest BCUT2D eigenvalue weighted by Gasteiger charge is 2.24. The molecule has 4 aromatic carbocycles. The van der Waals surface area contributed by atoms with Gasteiger partial charge in [0.15, 0.2) is 23.3 Å². The molecule has 0 spiro atoms. The number of anilines is 11. The Morgan fingerprint density at radius 1 is 0.611 bits per heavy atom. The van der Waals surface area contributed by atoms with Crippen LogP contribution in [0.25, 0.3) is 0 Å². The minimum Gasteiger partial charge on any atom is -0.494 e. The third-order valence-electron chi connectivity index (χ3n) is 10.9. The molecule has 72 heavy (non-hydrogen) atoms. The van der Waals surface area contributed by atoms with Gasteiger partial charge in [0.1, 0.15) is 31.5 Å². The van der Waals surface area contributed by atoms with Gasteiger partial charge in [-0.2, -0.15) is 9.97 Å². The summed E-state index contributed by atoms with van der Waals surface area (Å²) in [6, 6.07) is 20.4. The first-order valence-electron chi connectivity index (χ1n) is 22.4. The molecule has 6 aromatic rings. The first-order valence-corrected chi connectivity index (χ1v) is 27.6. The van der Waals surface area contributed by atoms with Gasteiger partial charge in [0.25, 0.3) is 5.69 Å². The summed E-state index contributed by atoms with van der Waals surface area (Å²) in [4.78, 5) is 35.8. The predicted molar refractivity (Wildman–Crippen MR) is 289 cm³/mol. The minimum atomic E-state index is -2.65. The fourth-order valence-corrected chi connectivity index (χ4v) is 9.34. The number of benzene rings is 4. The number of rotatable bonds is 21. The number of nitrogens with two attached hydrogens (primary N) is 1. The second kappa shape index (κ2) is 24.3. The molecule has 0 aliphatic carbocycles. The first-order chi connectivity index (χ1) is 33.9. The Bertz CT molecular complexity index is 2960. The molecule has 2 heterocycles. The van der Waals surface area contributed by atoms with Crippen molar-refractivity contribution in [2.24, 2.45) is 0 Å². The number of likely N-dealkylation sites (N-methyl/N-ethyl adjacent to an activating group) is 4. The van der Waals surface area contributed by atoms with E-state index in [0.29, 0.717) is 63.6 Å². The van der Waals surface area contributed by atoms with Crippen molar-refractivity contribution in [3.63, 3.8) is 0 Å². The average molecular weight is 1030 g/mol. The molecule has 0 aliphatic heterocycles. The Kier molecular flexibility index (Phi) is 18.9. The molecular weight excluding hydrogens is 969 g/mol. The van der Waals surface area contributed by atoms with Crippen LogP contribution < -0.4 is 56.9 Å². The van der Waals surface area contributed by atoms with E-state index in [9.17, 15) is 28.0 Å². The molecule has 0 fully saturated rings. The molecule has 0 bridgehead atoms. The van der Waals surface area contributed by atoms with E-state index in [0.717, 1.165) is 31.2 Å². The van der Waals surface area contributed by atoms with Crippen LogP contribution in [0.15, 0.2) is 85.2 Å². The molecule has 386 valence electrons. The zero-order valence-electron chi connectivity index (χ0n) is 42.6. The van der Waals surface area contributed by atoms with Crippen molar-refractivity contribution < 1.29 is 32.3 Å². The Hall–Kier alpha value is -7.12. The lowest BCUT2D eigenvalue weighted by Gasteiger charge is -2.24. The maximum Gasteiger partial charge on any atom is 0.294 e. The van der Waals surface area contributed by atoms with Crippen LogP contribution in [-0.4, -0.2) is 144 Å². The highest BCUT2D eigenvalue weighted by atomic mass is 31.2. The zero-order chi connectivity index (χ0) is 53.1. The number of nitrogens with zero attached hydrogens (tertiary/aromatic N) is 9. The number of hydrogen-bond donors (Lipinski definition) is 5. The van der Waals surface area contributed by atoms with E-state index in [1.807, 2.05) is 46.2 Å². The topological polar surface area (TPSA) is 234 Å². The highest BCUT2D eigenvalue weighted by molar-refractivity contribution is 7.70. The third kappa shape index (κ3) is 15.0. The van der Waals surface area contributed by atoms with Crippen LogP contribution in [0.2, 0.25) is 0 Å². The Morgan fingerprint density at radius 3 is 1.42 bits per heavy atom. The van der Waals surface area contributed by atoms with Gasteiger partial charge in [0, 0.05) is 69.1 Å². The van der Waals surface area contributed by atoms with Crippen LogP contribution in [0.3, 0.4) is 0 Å². The molecule has 0 aliphatic rings. The van der Waals surface area contributed by atoms with Gasteiger partial charge in [-0.1, -0.05) is 24.3 Å². The van der Waals surface area contributed by atoms with E-state index in [1.54, 1.807) is 106 Å².